The predicted octanol–water partition coefficient (Wildman–Crippen LogP) is 1.96. The van der Waals surface area contributed by atoms with Crippen LogP contribution in [0.5, 0.6) is 0 Å². The third-order valence-electron chi connectivity index (χ3n) is 1.40. The van der Waals surface area contributed by atoms with Crippen LogP contribution in [0, 0.1) is 0 Å². The molecule has 56 valence electrons. The minimum Gasteiger partial charge on any atom is -0.366 e. The van der Waals surface area contributed by atoms with E-state index in [1.165, 1.54) is 0 Å². The minimum atomic E-state index is 0.985. The van der Waals surface area contributed by atoms with Crippen LogP contribution in [0.3, 0.4) is 0 Å². The van der Waals surface area contributed by atoms with Gasteiger partial charge in [0.2, 0.25) is 0 Å². The molecule has 0 fully saturated rings. The summed E-state index contributed by atoms with van der Waals surface area (Å²) in [6.07, 6.45) is 7.42. The number of nitrogens with one attached hydrogen (secondary N) is 1. The number of rotatable bonds is 1. The molecule has 2 rings (SSSR count). The maximum atomic E-state index is 4.11. The molecule has 0 aliphatic rings. The van der Waals surface area contributed by atoms with Crippen LogP contribution in [0.25, 0.3) is 5.69 Å². The Hall–Kier alpha value is -1.03. The Bertz CT molecular complexity index is 336. The number of halogens is 1. The highest BCUT2D eigenvalue weighted by Gasteiger charge is 1.96. The lowest BCUT2D eigenvalue weighted by atomic mass is 10.5. The van der Waals surface area contributed by atoms with Crippen molar-refractivity contribution in [3.8, 4) is 5.69 Å². The highest BCUT2D eigenvalue weighted by Crippen LogP contribution is 2.10. The Kier molecular flexibility index (Phi) is 1.54. The van der Waals surface area contributed by atoms with E-state index in [4.69, 9.17) is 0 Å². The first-order valence-corrected chi connectivity index (χ1v) is 3.99. The number of aromatic amines is 1. The smallest absolute Gasteiger partial charge is 0.0820 e. The molecule has 0 aliphatic carbocycles. The molecule has 0 amide bonds. The number of H-pyrrole nitrogens is 1. The Labute approximate surface area is 72.2 Å². The molecule has 0 unspecified atom stereocenters. The van der Waals surface area contributed by atoms with Gasteiger partial charge >= 0.3 is 0 Å². The fraction of sp³-hybridized carbons (Fsp3) is 0. The Morgan fingerprint density at radius 2 is 2.45 bits per heavy atom. The predicted molar refractivity (Wildman–Crippen MR) is 45.6 cm³/mol. The summed E-state index contributed by atoms with van der Waals surface area (Å²) in [5, 5.41) is 4.11. The van der Waals surface area contributed by atoms with Crippen LogP contribution < -0.4 is 0 Å². The van der Waals surface area contributed by atoms with E-state index in [-0.39, 0.29) is 0 Å². The highest BCUT2D eigenvalue weighted by molar-refractivity contribution is 9.10. The SMILES string of the molecule is Brc1cnn(-c2cc[nH]c2)c1. The topological polar surface area (TPSA) is 33.6 Å². The number of nitrogens with zero attached hydrogens (tertiary/aromatic N) is 2. The third-order valence-corrected chi connectivity index (χ3v) is 1.81. The van der Waals surface area contributed by atoms with Crippen LogP contribution in [-0.4, -0.2) is 14.8 Å². The van der Waals surface area contributed by atoms with Gasteiger partial charge in [0.1, 0.15) is 0 Å². The summed E-state index contributed by atoms with van der Waals surface area (Å²) in [7, 11) is 0. The van der Waals surface area contributed by atoms with Crippen molar-refractivity contribution >= 4 is 15.9 Å². The molecule has 2 aromatic heterocycles. The van der Waals surface area contributed by atoms with Gasteiger partial charge in [-0.1, -0.05) is 0 Å². The van der Waals surface area contributed by atoms with E-state index >= 15 is 0 Å². The van der Waals surface area contributed by atoms with Gasteiger partial charge < -0.3 is 4.98 Å². The number of hydrogen-bond donors (Lipinski definition) is 1. The molecule has 0 aliphatic heterocycles. The first kappa shape index (κ1) is 6.67. The summed E-state index contributed by atoms with van der Waals surface area (Å²) in [6, 6.07) is 1.96. The molecule has 11 heavy (non-hydrogen) atoms. The molecule has 0 bridgehead atoms. The zero-order valence-electron chi connectivity index (χ0n) is 5.66. The van der Waals surface area contributed by atoms with Crippen molar-refractivity contribution in [1.29, 1.82) is 0 Å². The zero-order valence-corrected chi connectivity index (χ0v) is 7.25. The first-order valence-electron chi connectivity index (χ1n) is 3.19. The van der Waals surface area contributed by atoms with Gasteiger partial charge in [0.15, 0.2) is 0 Å². The van der Waals surface area contributed by atoms with E-state index in [0.717, 1.165) is 10.2 Å². The molecular weight excluding hydrogens is 206 g/mol. The summed E-state index contributed by atoms with van der Waals surface area (Å²) < 4.78 is 2.78. The molecule has 2 heterocycles. The molecule has 1 N–H and O–H groups in total. The van der Waals surface area contributed by atoms with Crippen molar-refractivity contribution in [2.24, 2.45) is 0 Å². The molecule has 0 aromatic carbocycles. The molecule has 4 heteroatoms. The van der Waals surface area contributed by atoms with Crippen LogP contribution in [0.2, 0.25) is 0 Å². The van der Waals surface area contributed by atoms with Crippen molar-refractivity contribution < 1.29 is 0 Å². The minimum absolute atomic E-state index is 0.985. The Morgan fingerprint density at radius 1 is 1.55 bits per heavy atom. The van der Waals surface area contributed by atoms with Gasteiger partial charge in [0.05, 0.1) is 16.4 Å². The summed E-state index contributed by atoms with van der Waals surface area (Å²) in [4.78, 5) is 2.96. The lowest BCUT2D eigenvalue weighted by Gasteiger charge is -1.92. The largest absolute Gasteiger partial charge is 0.366 e. The average molecular weight is 212 g/mol. The molecule has 0 atom stereocenters. The quantitative estimate of drug-likeness (QED) is 0.770. The van der Waals surface area contributed by atoms with Crippen LogP contribution in [-0.2, 0) is 0 Å². The monoisotopic (exact) mass is 211 g/mol. The fourth-order valence-electron chi connectivity index (χ4n) is 0.900. The average Bonchev–Trinajstić information content (AvgIpc) is 2.55. The van der Waals surface area contributed by atoms with Gasteiger partial charge in [-0.05, 0) is 22.0 Å². The number of hydrogen-bond acceptors (Lipinski definition) is 1. The second-order valence-electron chi connectivity index (χ2n) is 2.17. The molecule has 3 nitrogen and oxygen atoms in total. The van der Waals surface area contributed by atoms with Crippen molar-refractivity contribution in [1.82, 2.24) is 14.8 Å². The molecule has 0 saturated carbocycles. The van der Waals surface area contributed by atoms with Gasteiger partial charge in [0.25, 0.3) is 0 Å². The van der Waals surface area contributed by atoms with Gasteiger partial charge in [-0.2, -0.15) is 5.10 Å². The van der Waals surface area contributed by atoms with Crippen LogP contribution >= 0.6 is 15.9 Å². The van der Waals surface area contributed by atoms with E-state index in [1.807, 2.05) is 24.7 Å². The lowest BCUT2D eigenvalue weighted by Crippen LogP contribution is -1.90. The Balaban J connectivity index is 2.45. The normalized spacial score (nSPS) is 10.3. The highest BCUT2D eigenvalue weighted by atomic mass is 79.9. The maximum Gasteiger partial charge on any atom is 0.0820 e. The van der Waals surface area contributed by atoms with Gasteiger partial charge in [0, 0.05) is 18.6 Å². The maximum absolute atomic E-state index is 4.11. The summed E-state index contributed by atoms with van der Waals surface area (Å²) in [5.74, 6) is 0. The van der Waals surface area contributed by atoms with Gasteiger partial charge in [-0.25, -0.2) is 4.68 Å². The van der Waals surface area contributed by atoms with Crippen molar-refractivity contribution in [2.45, 2.75) is 0 Å². The van der Waals surface area contributed by atoms with Crippen LogP contribution in [0.4, 0.5) is 0 Å². The van der Waals surface area contributed by atoms with E-state index in [1.54, 1.807) is 10.9 Å². The van der Waals surface area contributed by atoms with Crippen molar-refractivity contribution in [2.75, 3.05) is 0 Å². The molecule has 0 radical (unpaired) electrons. The Morgan fingerprint density at radius 3 is 3.00 bits per heavy atom. The molecule has 0 saturated heterocycles. The molecular formula is C7H6BrN3. The van der Waals surface area contributed by atoms with E-state index in [0.29, 0.717) is 0 Å². The second-order valence-corrected chi connectivity index (χ2v) is 3.09. The van der Waals surface area contributed by atoms with Gasteiger partial charge in [-0.3, -0.25) is 0 Å². The summed E-state index contributed by atoms with van der Waals surface area (Å²) in [6.45, 7) is 0. The van der Waals surface area contributed by atoms with Crippen molar-refractivity contribution in [3.05, 3.63) is 35.3 Å². The number of aromatic nitrogens is 3. The first-order chi connectivity index (χ1) is 5.36. The van der Waals surface area contributed by atoms with E-state index < -0.39 is 0 Å². The van der Waals surface area contributed by atoms with Crippen molar-refractivity contribution in [3.63, 3.8) is 0 Å². The van der Waals surface area contributed by atoms with E-state index in [2.05, 4.69) is 26.0 Å². The second kappa shape index (κ2) is 2.54. The fourth-order valence-corrected chi connectivity index (χ4v) is 1.19. The molecule has 2 aromatic rings. The van der Waals surface area contributed by atoms with E-state index in [9.17, 15) is 0 Å². The standard InChI is InChI=1S/C7H6BrN3/c8-6-3-10-11(5-6)7-1-2-9-4-7/h1-5,9H. The van der Waals surface area contributed by atoms with Crippen LogP contribution in [0.15, 0.2) is 35.3 Å². The zero-order chi connectivity index (χ0) is 7.68. The third kappa shape index (κ3) is 1.21. The molecule has 0 spiro atoms. The van der Waals surface area contributed by atoms with Crippen LogP contribution in [0.1, 0.15) is 0 Å². The lowest BCUT2D eigenvalue weighted by molar-refractivity contribution is 0.882. The summed E-state index contributed by atoms with van der Waals surface area (Å²) in [5.41, 5.74) is 1.04. The van der Waals surface area contributed by atoms with Gasteiger partial charge in [-0.15, -0.1) is 0 Å². The summed E-state index contributed by atoms with van der Waals surface area (Å²) >= 11 is 3.32.